The van der Waals surface area contributed by atoms with Crippen molar-refractivity contribution in [1.82, 2.24) is 19.3 Å². The van der Waals surface area contributed by atoms with Crippen molar-refractivity contribution in [2.75, 3.05) is 18.1 Å². The number of aromatic nitrogens is 4. The molecule has 0 radical (unpaired) electrons. The highest BCUT2D eigenvalue weighted by molar-refractivity contribution is 5.95. The molecule has 3 heterocycles. The second kappa shape index (κ2) is 5.90. The van der Waals surface area contributed by atoms with Crippen LogP contribution < -0.4 is 15.2 Å². The minimum Gasteiger partial charge on any atom is -0.486 e. The van der Waals surface area contributed by atoms with Crippen molar-refractivity contribution in [3.05, 3.63) is 46.6 Å². The maximum atomic E-state index is 13.9. The van der Waals surface area contributed by atoms with Crippen LogP contribution in [-0.4, -0.2) is 38.4 Å². The van der Waals surface area contributed by atoms with Gasteiger partial charge in [-0.05, 0) is 12.1 Å². The topological polar surface area (TPSA) is 82.2 Å². The third-order valence-corrected chi connectivity index (χ3v) is 4.21. The highest BCUT2D eigenvalue weighted by atomic mass is 19.2. The van der Waals surface area contributed by atoms with Gasteiger partial charge in [0.05, 0.1) is 18.4 Å². The van der Waals surface area contributed by atoms with Gasteiger partial charge in [0.1, 0.15) is 24.9 Å². The molecule has 0 saturated heterocycles. The monoisotopic (exact) mass is 361 g/mol. The number of benzene rings is 1. The molecule has 1 amide bonds. The summed E-state index contributed by atoms with van der Waals surface area (Å²) in [6.45, 7) is -0.114. The van der Waals surface area contributed by atoms with Gasteiger partial charge in [0.2, 0.25) is 11.7 Å². The van der Waals surface area contributed by atoms with Gasteiger partial charge < -0.3 is 9.64 Å². The number of halogens is 2. The molecule has 0 aliphatic carbocycles. The standard InChI is InChI=1S/C16H13F2N5O3/c1-21-15-9(6-20-21)16(25)22(8-19-15)7-12(24)23-4-5-26-14-11(23)3-2-10(17)13(14)18/h2-3,6,8H,4-5,7H2,1H3. The second-order valence-corrected chi connectivity index (χ2v) is 5.79. The molecule has 0 N–H and O–H groups in total. The lowest BCUT2D eigenvalue weighted by Gasteiger charge is -2.29. The number of rotatable bonds is 2. The Hall–Kier alpha value is -3.30. The summed E-state index contributed by atoms with van der Waals surface area (Å²) in [7, 11) is 1.66. The fraction of sp³-hybridized carbons (Fsp3) is 0.250. The summed E-state index contributed by atoms with van der Waals surface area (Å²) in [6, 6.07) is 2.20. The fourth-order valence-electron chi connectivity index (χ4n) is 2.90. The number of hydrogen-bond donors (Lipinski definition) is 0. The lowest BCUT2D eigenvalue weighted by Crippen LogP contribution is -2.41. The number of amides is 1. The first-order chi connectivity index (χ1) is 12.5. The van der Waals surface area contributed by atoms with E-state index in [1.807, 2.05) is 0 Å². The van der Waals surface area contributed by atoms with Crippen molar-refractivity contribution in [2.24, 2.45) is 7.05 Å². The second-order valence-electron chi connectivity index (χ2n) is 5.79. The van der Waals surface area contributed by atoms with Crippen LogP contribution in [-0.2, 0) is 18.4 Å². The Bertz CT molecular complexity index is 1090. The number of ether oxygens (including phenoxy) is 1. The summed E-state index contributed by atoms with van der Waals surface area (Å²) in [6.07, 6.45) is 2.64. The fourth-order valence-corrected chi connectivity index (χ4v) is 2.90. The number of fused-ring (bicyclic) bond motifs is 2. The molecule has 3 aromatic rings. The third kappa shape index (κ3) is 2.41. The van der Waals surface area contributed by atoms with Crippen LogP contribution in [0.2, 0.25) is 0 Å². The largest absolute Gasteiger partial charge is 0.486 e. The summed E-state index contributed by atoms with van der Waals surface area (Å²) < 4.78 is 35.0. The normalized spacial score (nSPS) is 13.6. The van der Waals surface area contributed by atoms with E-state index < -0.39 is 23.1 Å². The Labute approximate surface area is 145 Å². The van der Waals surface area contributed by atoms with Crippen molar-refractivity contribution < 1.29 is 18.3 Å². The molecule has 1 aliphatic rings. The van der Waals surface area contributed by atoms with E-state index in [1.165, 1.54) is 28.2 Å². The SMILES string of the molecule is Cn1ncc2c(=O)n(CC(=O)N3CCOc4c3ccc(F)c4F)cnc21. The average Bonchev–Trinajstić information content (AvgIpc) is 3.02. The van der Waals surface area contributed by atoms with E-state index in [9.17, 15) is 18.4 Å². The zero-order valence-electron chi connectivity index (χ0n) is 13.6. The number of carbonyl (C=O) groups excluding carboxylic acids is 1. The molecule has 10 heteroatoms. The van der Waals surface area contributed by atoms with E-state index in [4.69, 9.17) is 4.74 Å². The minimum absolute atomic E-state index is 0.0217. The average molecular weight is 361 g/mol. The summed E-state index contributed by atoms with van der Waals surface area (Å²) in [4.78, 5) is 30.5. The Balaban J connectivity index is 1.67. The molecule has 0 bridgehead atoms. The summed E-state index contributed by atoms with van der Waals surface area (Å²) in [5.74, 6) is -2.97. The van der Waals surface area contributed by atoms with Crippen molar-refractivity contribution in [1.29, 1.82) is 0 Å². The van der Waals surface area contributed by atoms with E-state index in [-0.39, 0.29) is 31.1 Å². The van der Waals surface area contributed by atoms with Crippen LogP contribution in [0.15, 0.2) is 29.5 Å². The van der Waals surface area contributed by atoms with Gasteiger partial charge in [-0.1, -0.05) is 0 Å². The molecule has 0 atom stereocenters. The van der Waals surface area contributed by atoms with Gasteiger partial charge in [0.25, 0.3) is 5.56 Å². The van der Waals surface area contributed by atoms with Crippen molar-refractivity contribution >= 4 is 22.6 Å². The van der Waals surface area contributed by atoms with E-state index in [0.29, 0.717) is 11.0 Å². The minimum atomic E-state index is -1.14. The smallest absolute Gasteiger partial charge is 0.264 e. The van der Waals surface area contributed by atoms with Crippen LogP contribution in [0.25, 0.3) is 11.0 Å². The van der Waals surface area contributed by atoms with Crippen molar-refractivity contribution in [3.63, 3.8) is 0 Å². The van der Waals surface area contributed by atoms with Gasteiger partial charge in [-0.15, -0.1) is 0 Å². The van der Waals surface area contributed by atoms with Crippen LogP contribution in [0.1, 0.15) is 0 Å². The molecule has 4 rings (SSSR count). The zero-order chi connectivity index (χ0) is 18.4. The molecule has 0 fully saturated rings. The number of carbonyl (C=O) groups is 1. The van der Waals surface area contributed by atoms with E-state index in [0.717, 1.165) is 10.6 Å². The molecule has 26 heavy (non-hydrogen) atoms. The first kappa shape index (κ1) is 16.2. The van der Waals surface area contributed by atoms with Crippen LogP contribution in [0.4, 0.5) is 14.5 Å². The van der Waals surface area contributed by atoms with Gasteiger partial charge in [0.15, 0.2) is 17.2 Å². The molecule has 134 valence electrons. The predicted octanol–water partition coefficient (Wildman–Crippen LogP) is 0.834. The quantitative estimate of drug-likeness (QED) is 0.675. The third-order valence-electron chi connectivity index (χ3n) is 4.21. The highest BCUT2D eigenvalue weighted by Crippen LogP contribution is 2.35. The van der Waals surface area contributed by atoms with Gasteiger partial charge in [-0.3, -0.25) is 18.8 Å². The van der Waals surface area contributed by atoms with Gasteiger partial charge in [0, 0.05) is 7.05 Å². The summed E-state index contributed by atoms with van der Waals surface area (Å²) >= 11 is 0. The van der Waals surface area contributed by atoms with Gasteiger partial charge in [-0.2, -0.15) is 9.49 Å². The molecular formula is C16H13F2N5O3. The number of anilines is 1. The molecule has 0 saturated carbocycles. The summed E-state index contributed by atoms with van der Waals surface area (Å²) in [5.41, 5.74) is 0.131. The lowest BCUT2D eigenvalue weighted by atomic mass is 10.2. The molecule has 0 spiro atoms. The number of hydrogen-bond acceptors (Lipinski definition) is 5. The Morgan fingerprint density at radius 1 is 1.35 bits per heavy atom. The Kier molecular flexibility index (Phi) is 3.67. The summed E-state index contributed by atoms with van der Waals surface area (Å²) in [5, 5.41) is 4.26. The molecule has 1 aromatic carbocycles. The lowest BCUT2D eigenvalue weighted by molar-refractivity contribution is -0.119. The van der Waals surface area contributed by atoms with Crippen LogP contribution in [0.5, 0.6) is 5.75 Å². The maximum Gasteiger partial charge on any atom is 0.264 e. The van der Waals surface area contributed by atoms with E-state index >= 15 is 0 Å². The van der Waals surface area contributed by atoms with Crippen LogP contribution in [0, 0.1) is 11.6 Å². The van der Waals surface area contributed by atoms with Gasteiger partial charge in [-0.25, -0.2) is 9.37 Å². The predicted molar refractivity (Wildman–Crippen MR) is 87.0 cm³/mol. The van der Waals surface area contributed by atoms with E-state index in [2.05, 4.69) is 10.1 Å². The van der Waals surface area contributed by atoms with Gasteiger partial charge >= 0.3 is 0 Å². The van der Waals surface area contributed by atoms with Crippen LogP contribution in [0.3, 0.4) is 0 Å². The first-order valence-electron chi connectivity index (χ1n) is 7.75. The van der Waals surface area contributed by atoms with E-state index in [1.54, 1.807) is 7.05 Å². The highest BCUT2D eigenvalue weighted by Gasteiger charge is 2.28. The molecule has 2 aromatic heterocycles. The maximum absolute atomic E-state index is 13.9. The molecular weight excluding hydrogens is 348 g/mol. The van der Waals surface area contributed by atoms with Crippen LogP contribution >= 0.6 is 0 Å². The molecule has 0 unspecified atom stereocenters. The Morgan fingerprint density at radius 3 is 2.96 bits per heavy atom. The molecule has 1 aliphatic heterocycles. The van der Waals surface area contributed by atoms with Crippen molar-refractivity contribution in [2.45, 2.75) is 6.54 Å². The number of aryl methyl sites for hydroxylation is 1. The zero-order valence-corrected chi connectivity index (χ0v) is 13.6. The Morgan fingerprint density at radius 2 is 2.15 bits per heavy atom. The van der Waals surface area contributed by atoms with Crippen molar-refractivity contribution in [3.8, 4) is 5.75 Å². The number of nitrogens with zero attached hydrogens (tertiary/aromatic N) is 5. The molecule has 8 nitrogen and oxygen atoms in total. The first-order valence-corrected chi connectivity index (χ1v) is 7.75.